The van der Waals surface area contributed by atoms with Crippen LogP contribution in [-0.2, 0) is 20.3 Å². The van der Waals surface area contributed by atoms with Crippen LogP contribution < -0.4 is 5.32 Å². The fourth-order valence-corrected chi connectivity index (χ4v) is 1.27. The third-order valence-electron chi connectivity index (χ3n) is 1.66. The highest BCUT2D eigenvalue weighted by Gasteiger charge is 2.30. The van der Waals surface area contributed by atoms with Crippen molar-refractivity contribution in [3.05, 3.63) is 0 Å². The lowest BCUT2D eigenvalue weighted by Gasteiger charge is -2.20. The van der Waals surface area contributed by atoms with Crippen LogP contribution in [0.4, 0.5) is 0 Å². The summed E-state index contributed by atoms with van der Waals surface area (Å²) in [6.07, 6.45) is 1.60. The summed E-state index contributed by atoms with van der Waals surface area (Å²) in [6, 6.07) is 0. The maximum absolute atomic E-state index is 11.0. The number of carbonyl (C=O) groups excluding carboxylic acids is 1. The van der Waals surface area contributed by atoms with Crippen LogP contribution in [0.1, 0.15) is 6.92 Å². The fraction of sp³-hybridized carbons (Fsp3) is 0.875. The lowest BCUT2D eigenvalue weighted by molar-refractivity contribution is -0.159. The number of rotatable bonds is 6. The van der Waals surface area contributed by atoms with E-state index in [2.05, 4.69) is 10.1 Å². The number of hydrogen-bond acceptors (Lipinski definition) is 5. The average molecular weight is 223 g/mol. The van der Waals surface area contributed by atoms with Crippen molar-refractivity contribution in [2.75, 3.05) is 32.2 Å². The van der Waals surface area contributed by atoms with Gasteiger partial charge in [0.05, 0.1) is 7.11 Å². The Morgan fingerprint density at radius 1 is 1.64 bits per heavy atom. The third-order valence-corrected chi connectivity index (χ3v) is 2.44. The van der Waals surface area contributed by atoms with Gasteiger partial charge in [0, 0.05) is 35.9 Å². The molecule has 0 bridgehead atoms. The predicted molar refractivity (Wildman–Crippen MR) is 54.4 cm³/mol. The summed E-state index contributed by atoms with van der Waals surface area (Å²) in [6.45, 7) is 1.96. The molecule has 2 unspecified atom stereocenters. The van der Waals surface area contributed by atoms with Gasteiger partial charge in [-0.15, -0.1) is 0 Å². The summed E-state index contributed by atoms with van der Waals surface area (Å²) in [5.41, 5.74) is -1.52. The molecule has 0 aromatic rings. The van der Waals surface area contributed by atoms with E-state index in [-0.39, 0.29) is 6.54 Å². The first-order valence-corrected chi connectivity index (χ1v) is 5.94. The molecule has 0 aliphatic heterocycles. The predicted octanol–water partition coefficient (Wildman–Crippen LogP) is -1.12. The minimum atomic E-state index is -1.52. The van der Waals surface area contributed by atoms with Gasteiger partial charge in [-0.1, -0.05) is 0 Å². The molecule has 0 saturated heterocycles. The highest BCUT2D eigenvalue weighted by Crippen LogP contribution is 2.03. The molecule has 0 heterocycles. The lowest BCUT2D eigenvalue weighted by atomic mass is 10.1. The highest BCUT2D eigenvalue weighted by molar-refractivity contribution is 7.84. The van der Waals surface area contributed by atoms with Crippen LogP contribution in [0, 0.1) is 0 Å². The average Bonchev–Trinajstić information content (AvgIpc) is 2.10. The zero-order valence-electron chi connectivity index (χ0n) is 8.70. The van der Waals surface area contributed by atoms with Crippen molar-refractivity contribution < 1.29 is 18.8 Å². The molecule has 5 nitrogen and oxygen atoms in total. The van der Waals surface area contributed by atoms with E-state index in [1.807, 2.05) is 0 Å². The molecule has 0 saturated carbocycles. The number of methoxy groups -OCH3 is 1. The van der Waals surface area contributed by atoms with Crippen molar-refractivity contribution in [2.24, 2.45) is 0 Å². The van der Waals surface area contributed by atoms with Gasteiger partial charge in [-0.05, 0) is 6.92 Å². The minimum Gasteiger partial charge on any atom is -0.467 e. The maximum Gasteiger partial charge on any atom is 0.338 e. The minimum absolute atomic E-state index is 0.0941. The van der Waals surface area contributed by atoms with Gasteiger partial charge < -0.3 is 15.2 Å². The monoisotopic (exact) mass is 223 g/mol. The SMILES string of the molecule is COC(=O)C(C)(O)CNCCS(C)=O. The number of nitrogens with one attached hydrogen (secondary N) is 1. The Hall–Kier alpha value is -0.460. The summed E-state index contributed by atoms with van der Waals surface area (Å²) in [4.78, 5) is 11.0. The summed E-state index contributed by atoms with van der Waals surface area (Å²) >= 11 is 0. The summed E-state index contributed by atoms with van der Waals surface area (Å²) in [5.74, 6) is -0.181. The van der Waals surface area contributed by atoms with Crippen molar-refractivity contribution in [1.29, 1.82) is 0 Å². The second-order valence-corrected chi connectivity index (χ2v) is 4.77. The topological polar surface area (TPSA) is 75.6 Å². The second-order valence-electron chi connectivity index (χ2n) is 3.22. The number of carbonyl (C=O) groups is 1. The van der Waals surface area contributed by atoms with Crippen LogP contribution >= 0.6 is 0 Å². The Kier molecular flexibility index (Phi) is 5.90. The van der Waals surface area contributed by atoms with Gasteiger partial charge in [0.2, 0.25) is 0 Å². The Balaban J connectivity index is 3.76. The van der Waals surface area contributed by atoms with E-state index in [0.29, 0.717) is 12.3 Å². The third kappa shape index (κ3) is 5.31. The van der Waals surface area contributed by atoms with Crippen molar-refractivity contribution in [3.63, 3.8) is 0 Å². The van der Waals surface area contributed by atoms with Crippen molar-refractivity contribution in [2.45, 2.75) is 12.5 Å². The lowest BCUT2D eigenvalue weighted by Crippen LogP contribution is -2.46. The van der Waals surface area contributed by atoms with Gasteiger partial charge >= 0.3 is 5.97 Å². The molecule has 6 heteroatoms. The maximum atomic E-state index is 11.0. The van der Waals surface area contributed by atoms with E-state index >= 15 is 0 Å². The van der Waals surface area contributed by atoms with E-state index in [1.54, 1.807) is 6.26 Å². The normalized spacial score (nSPS) is 17.1. The van der Waals surface area contributed by atoms with Crippen molar-refractivity contribution in [1.82, 2.24) is 5.32 Å². The number of aliphatic hydroxyl groups is 1. The zero-order chi connectivity index (χ0) is 11.2. The Labute approximate surface area is 86.3 Å². The molecule has 0 fully saturated rings. The van der Waals surface area contributed by atoms with Gasteiger partial charge in [0.15, 0.2) is 5.60 Å². The molecule has 0 radical (unpaired) electrons. The molecule has 0 rings (SSSR count). The first-order valence-electron chi connectivity index (χ1n) is 4.21. The molecule has 0 aliphatic rings. The van der Waals surface area contributed by atoms with Crippen molar-refractivity contribution in [3.8, 4) is 0 Å². The van der Waals surface area contributed by atoms with E-state index in [1.165, 1.54) is 14.0 Å². The zero-order valence-corrected chi connectivity index (χ0v) is 9.52. The summed E-state index contributed by atoms with van der Waals surface area (Å²) in [5, 5.41) is 12.4. The number of hydrogen-bond donors (Lipinski definition) is 2. The number of ether oxygens (including phenoxy) is 1. The Morgan fingerprint density at radius 3 is 2.64 bits per heavy atom. The largest absolute Gasteiger partial charge is 0.467 e. The van der Waals surface area contributed by atoms with E-state index in [9.17, 15) is 14.1 Å². The molecule has 14 heavy (non-hydrogen) atoms. The summed E-state index contributed by atoms with van der Waals surface area (Å²) in [7, 11) is 0.354. The smallest absolute Gasteiger partial charge is 0.338 e. The quantitative estimate of drug-likeness (QED) is 0.440. The Bertz CT molecular complexity index is 217. The van der Waals surface area contributed by atoms with E-state index in [4.69, 9.17) is 0 Å². The molecular weight excluding hydrogens is 206 g/mol. The van der Waals surface area contributed by atoms with Gasteiger partial charge in [-0.2, -0.15) is 0 Å². The molecular formula is C8H17NO4S. The first kappa shape index (κ1) is 13.5. The highest BCUT2D eigenvalue weighted by atomic mass is 32.2. The molecule has 0 amide bonds. The number of esters is 1. The molecule has 0 aromatic carbocycles. The molecule has 2 N–H and O–H groups in total. The van der Waals surface area contributed by atoms with Gasteiger partial charge in [-0.3, -0.25) is 4.21 Å². The van der Waals surface area contributed by atoms with Gasteiger partial charge in [-0.25, -0.2) is 4.79 Å². The molecule has 2 atom stereocenters. The van der Waals surface area contributed by atoms with Crippen molar-refractivity contribution >= 4 is 16.8 Å². The molecule has 0 aliphatic carbocycles. The van der Waals surface area contributed by atoms with Crippen LogP contribution in [0.15, 0.2) is 0 Å². The standard InChI is InChI=1S/C8H17NO4S/c1-8(11,7(10)13-2)6-9-4-5-14(3)12/h9,11H,4-6H2,1-3H3. The van der Waals surface area contributed by atoms with Crippen LogP contribution in [0.3, 0.4) is 0 Å². The summed E-state index contributed by atoms with van der Waals surface area (Å²) < 4.78 is 15.1. The van der Waals surface area contributed by atoms with E-state index in [0.717, 1.165) is 0 Å². The second kappa shape index (κ2) is 6.10. The van der Waals surface area contributed by atoms with Gasteiger partial charge in [0.25, 0.3) is 0 Å². The first-order chi connectivity index (χ1) is 6.40. The Morgan fingerprint density at radius 2 is 2.21 bits per heavy atom. The molecule has 0 spiro atoms. The fourth-order valence-electron chi connectivity index (χ4n) is 0.840. The van der Waals surface area contributed by atoms with Crippen LogP contribution in [0.5, 0.6) is 0 Å². The van der Waals surface area contributed by atoms with Crippen LogP contribution in [0.2, 0.25) is 0 Å². The molecule has 84 valence electrons. The van der Waals surface area contributed by atoms with Crippen LogP contribution in [0.25, 0.3) is 0 Å². The van der Waals surface area contributed by atoms with Gasteiger partial charge in [0.1, 0.15) is 0 Å². The van der Waals surface area contributed by atoms with Crippen LogP contribution in [-0.4, -0.2) is 53.1 Å². The molecule has 0 aromatic heterocycles. The van der Waals surface area contributed by atoms with E-state index < -0.39 is 22.4 Å².